The SMILES string of the molecule is O=C(C1CCO1)N1CC2(CC2)[C@H](NS(=O)(=O)/C=C/F)[C@@H]1Cc1cccc(-c2ccccc2)c1F. The molecule has 1 saturated carbocycles. The second kappa shape index (κ2) is 8.87. The Balaban J connectivity index is 1.51. The molecule has 3 fully saturated rings. The first-order valence-electron chi connectivity index (χ1n) is 11.4. The molecule has 3 aliphatic rings. The normalized spacial score (nSPS) is 25.6. The summed E-state index contributed by atoms with van der Waals surface area (Å²) in [7, 11) is -4.06. The summed E-state index contributed by atoms with van der Waals surface area (Å²) in [5.41, 5.74) is 1.12. The topological polar surface area (TPSA) is 75.7 Å². The minimum absolute atomic E-state index is 0.0278. The fraction of sp³-hybridized carbons (Fsp3) is 0.400. The molecule has 3 atom stereocenters. The van der Waals surface area contributed by atoms with Crippen LogP contribution in [0.5, 0.6) is 0 Å². The van der Waals surface area contributed by atoms with Crippen LogP contribution in [-0.4, -0.2) is 50.6 Å². The number of nitrogens with zero attached hydrogens (tertiary/aromatic N) is 1. The highest BCUT2D eigenvalue weighted by Gasteiger charge is 2.62. The van der Waals surface area contributed by atoms with Crippen LogP contribution in [0.2, 0.25) is 0 Å². The highest BCUT2D eigenvalue weighted by molar-refractivity contribution is 7.92. The monoisotopic (exact) mass is 488 g/mol. The van der Waals surface area contributed by atoms with Gasteiger partial charge in [-0.1, -0.05) is 48.5 Å². The number of likely N-dealkylation sites (tertiary alicyclic amines) is 1. The average molecular weight is 489 g/mol. The molecule has 1 N–H and O–H groups in total. The summed E-state index contributed by atoms with van der Waals surface area (Å²) in [4.78, 5) is 14.9. The van der Waals surface area contributed by atoms with Gasteiger partial charge in [0.05, 0.1) is 30.4 Å². The molecule has 6 nitrogen and oxygen atoms in total. The molecular formula is C25H26F2N2O4S. The van der Waals surface area contributed by atoms with Gasteiger partial charge in [-0.25, -0.2) is 21.9 Å². The molecule has 5 rings (SSSR count). The first kappa shape index (κ1) is 23.1. The van der Waals surface area contributed by atoms with E-state index in [0.29, 0.717) is 36.1 Å². The van der Waals surface area contributed by atoms with Gasteiger partial charge < -0.3 is 9.64 Å². The van der Waals surface area contributed by atoms with Crippen LogP contribution in [0, 0.1) is 11.2 Å². The van der Waals surface area contributed by atoms with Gasteiger partial charge in [-0.05, 0) is 30.4 Å². The maximum Gasteiger partial charge on any atom is 0.252 e. The van der Waals surface area contributed by atoms with Crippen LogP contribution in [0.1, 0.15) is 24.8 Å². The third kappa shape index (κ3) is 4.28. The minimum Gasteiger partial charge on any atom is -0.368 e. The highest BCUT2D eigenvalue weighted by atomic mass is 32.2. The van der Waals surface area contributed by atoms with Crippen molar-refractivity contribution in [3.05, 3.63) is 71.6 Å². The van der Waals surface area contributed by atoms with E-state index in [0.717, 1.165) is 18.4 Å². The summed E-state index contributed by atoms with van der Waals surface area (Å²) in [6.45, 7) is 0.869. The third-order valence-electron chi connectivity index (χ3n) is 7.19. The Morgan fingerprint density at radius 2 is 1.91 bits per heavy atom. The molecule has 1 amide bonds. The zero-order valence-corrected chi connectivity index (χ0v) is 19.3. The van der Waals surface area contributed by atoms with Crippen molar-refractivity contribution < 1.29 is 26.7 Å². The van der Waals surface area contributed by atoms with E-state index in [1.807, 2.05) is 30.3 Å². The van der Waals surface area contributed by atoms with Crippen LogP contribution < -0.4 is 4.72 Å². The molecule has 2 aromatic rings. The lowest BCUT2D eigenvalue weighted by atomic mass is 9.91. The van der Waals surface area contributed by atoms with Gasteiger partial charge in [0.25, 0.3) is 5.91 Å². The number of ether oxygens (including phenoxy) is 1. The second-order valence-electron chi connectivity index (χ2n) is 9.30. The highest BCUT2D eigenvalue weighted by Crippen LogP contribution is 2.56. The van der Waals surface area contributed by atoms with E-state index in [1.54, 1.807) is 23.1 Å². The lowest BCUT2D eigenvalue weighted by molar-refractivity contribution is -0.157. The molecule has 180 valence electrons. The van der Waals surface area contributed by atoms with E-state index in [1.165, 1.54) is 0 Å². The summed E-state index contributed by atoms with van der Waals surface area (Å²) in [5.74, 6) is -0.604. The van der Waals surface area contributed by atoms with E-state index < -0.39 is 39.4 Å². The smallest absolute Gasteiger partial charge is 0.252 e. The Hall–Kier alpha value is -2.62. The van der Waals surface area contributed by atoms with Gasteiger partial charge in [0.2, 0.25) is 10.0 Å². The predicted molar refractivity (Wildman–Crippen MR) is 123 cm³/mol. The molecule has 2 aromatic carbocycles. The van der Waals surface area contributed by atoms with Crippen LogP contribution >= 0.6 is 0 Å². The van der Waals surface area contributed by atoms with Crippen molar-refractivity contribution in [1.29, 1.82) is 0 Å². The summed E-state index contributed by atoms with van der Waals surface area (Å²) < 4.78 is 61.2. The van der Waals surface area contributed by atoms with Crippen molar-refractivity contribution in [1.82, 2.24) is 9.62 Å². The Morgan fingerprint density at radius 3 is 2.53 bits per heavy atom. The molecule has 1 spiro atoms. The molecule has 0 bridgehead atoms. The number of hydrogen-bond donors (Lipinski definition) is 1. The number of halogens is 2. The molecule has 2 saturated heterocycles. The van der Waals surface area contributed by atoms with E-state index >= 15 is 4.39 Å². The predicted octanol–water partition coefficient (Wildman–Crippen LogP) is 3.54. The summed E-state index contributed by atoms with van der Waals surface area (Å²) in [5, 5.41) is 0.469. The Labute approximate surface area is 197 Å². The average Bonchev–Trinajstić information content (AvgIpc) is 3.49. The summed E-state index contributed by atoms with van der Waals surface area (Å²) in [6, 6.07) is 13.0. The zero-order chi connectivity index (χ0) is 23.9. The van der Waals surface area contributed by atoms with Crippen molar-refractivity contribution in [3.8, 4) is 11.1 Å². The van der Waals surface area contributed by atoms with Gasteiger partial charge in [0.15, 0.2) is 0 Å². The number of nitrogens with one attached hydrogen (secondary N) is 1. The molecule has 1 unspecified atom stereocenters. The Morgan fingerprint density at radius 1 is 1.18 bits per heavy atom. The van der Waals surface area contributed by atoms with E-state index in [2.05, 4.69) is 4.72 Å². The Kier molecular flexibility index (Phi) is 6.03. The van der Waals surface area contributed by atoms with E-state index in [9.17, 15) is 17.6 Å². The quantitative estimate of drug-likeness (QED) is 0.647. The van der Waals surface area contributed by atoms with Crippen molar-refractivity contribution in [2.24, 2.45) is 5.41 Å². The molecule has 2 heterocycles. The largest absolute Gasteiger partial charge is 0.368 e. The lowest BCUT2D eigenvalue weighted by Crippen LogP contribution is -2.52. The lowest BCUT2D eigenvalue weighted by Gasteiger charge is -2.34. The molecule has 0 radical (unpaired) electrons. The van der Waals surface area contributed by atoms with Crippen LogP contribution in [0.4, 0.5) is 8.78 Å². The molecule has 0 aromatic heterocycles. The van der Waals surface area contributed by atoms with Crippen LogP contribution in [0.15, 0.2) is 60.3 Å². The van der Waals surface area contributed by atoms with Gasteiger partial charge in [0, 0.05) is 23.9 Å². The van der Waals surface area contributed by atoms with Crippen LogP contribution in [-0.2, 0) is 26.0 Å². The molecule has 2 aliphatic heterocycles. The maximum atomic E-state index is 15.6. The number of benzene rings is 2. The molecular weight excluding hydrogens is 462 g/mol. The van der Waals surface area contributed by atoms with Crippen LogP contribution in [0.3, 0.4) is 0 Å². The van der Waals surface area contributed by atoms with E-state index in [4.69, 9.17) is 4.74 Å². The third-order valence-corrected chi connectivity index (χ3v) is 8.24. The summed E-state index contributed by atoms with van der Waals surface area (Å²) >= 11 is 0. The number of hydrogen-bond acceptors (Lipinski definition) is 4. The maximum absolute atomic E-state index is 15.6. The fourth-order valence-electron chi connectivity index (χ4n) is 5.15. The van der Waals surface area contributed by atoms with Gasteiger partial charge >= 0.3 is 0 Å². The van der Waals surface area contributed by atoms with Gasteiger partial charge in [-0.2, -0.15) is 0 Å². The van der Waals surface area contributed by atoms with Crippen LogP contribution in [0.25, 0.3) is 11.1 Å². The molecule has 9 heteroatoms. The molecule has 1 aliphatic carbocycles. The van der Waals surface area contributed by atoms with Crippen molar-refractivity contribution in [3.63, 3.8) is 0 Å². The van der Waals surface area contributed by atoms with Gasteiger partial charge in [0.1, 0.15) is 11.9 Å². The number of sulfonamides is 1. The zero-order valence-electron chi connectivity index (χ0n) is 18.5. The minimum atomic E-state index is -4.06. The van der Waals surface area contributed by atoms with Gasteiger partial charge in [-0.15, -0.1) is 0 Å². The first-order valence-corrected chi connectivity index (χ1v) is 12.9. The fourth-order valence-corrected chi connectivity index (χ4v) is 6.12. The number of rotatable bonds is 7. The number of amides is 1. The summed E-state index contributed by atoms with van der Waals surface area (Å²) in [6.07, 6.45) is 1.61. The standard InChI is InChI=1S/C25H26F2N2O4S/c26-12-14-34(31,32)28-23-20(29(16-25(23)10-11-25)24(30)21-9-13-33-21)15-18-7-4-8-19(22(18)27)17-5-2-1-3-6-17/h1-8,12,14,20-21,23,28H,9-11,13,15-16H2/b14-12+/t20-,21?,23+/m0/s1. The molecule has 34 heavy (non-hydrogen) atoms. The number of carbonyl (C=O) groups excluding carboxylic acids is 1. The van der Waals surface area contributed by atoms with Crippen molar-refractivity contribution in [2.75, 3.05) is 13.2 Å². The second-order valence-corrected chi connectivity index (χ2v) is 10.9. The van der Waals surface area contributed by atoms with E-state index in [-0.39, 0.29) is 18.7 Å². The van der Waals surface area contributed by atoms with Gasteiger partial charge in [-0.3, -0.25) is 4.79 Å². The first-order chi connectivity index (χ1) is 16.3. The van der Waals surface area contributed by atoms with Crippen molar-refractivity contribution in [2.45, 2.75) is 43.9 Å². The van der Waals surface area contributed by atoms with Crippen molar-refractivity contribution >= 4 is 15.9 Å². The Bertz CT molecular complexity index is 1210. The number of carbonyl (C=O) groups is 1.